The van der Waals surface area contributed by atoms with Gasteiger partial charge in [-0.2, -0.15) is 0 Å². The molecule has 0 aromatic heterocycles. The van der Waals surface area contributed by atoms with Crippen LogP contribution in [0.2, 0.25) is 0 Å². The molecule has 1 rings (SSSR count). The Morgan fingerprint density at radius 2 is 0.400 bits per heavy atom. The van der Waals surface area contributed by atoms with E-state index in [-0.39, 0.29) is 81.9 Å². The predicted octanol–water partition coefficient (Wildman–Crippen LogP) is -0.0210. The van der Waals surface area contributed by atoms with E-state index in [9.17, 15) is 0 Å². The van der Waals surface area contributed by atoms with Gasteiger partial charge in [-0.15, -0.1) is 0 Å². The van der Waals surface area contributed by atoms with Crippen LogP contribution in [0.15, 0.2) is 29.4 Å². The van der Waals surface area contributed by atoms with Crippen LogP contribution in [0.1, 0.15) is 0 Å². The zero-order valence-corrected chi connectivity index (χ0v) is 23.5. The minimum absolute atomic E-state index is 0. The van der Waals surface area contributed by atoms with Crippen LogP contribution >= 0.6 is 0 Å². The van der Waals surface area contributed by atoms with Crippen molar-refractivity contribution in [2.75, 3.05) is 0 Å². The van der Waals surface area contributed by atoms with E-state index in [0.717, 1.165) is 0 Å². The van der Waals surface area contributed by atoms with Gasteiger partial charge in [0.15, 0.2) is 0 Å². The second kappa shape index (κ2) is 10.1. The number of hydrogen-bond donors (Lipinski definition) is 0. The minimum Gasteiger partial charge on any atom is -0.783 e. The van der Waals surface area contributed by atoms with Crippen LogP contribution in [0, 0.1) is 0 Å². The number of rotatable bonds is 0. The molecule has 0 spiro atoms. The van der Waals surface area contributed by atoms with Gasteiger partial charge < -0.3 is 75.8 Å². The van der Waals surface area contributed by atoms with Gasteiger partial charge in [0.2, 0.25) is 0 Å². The molecule has 15 heavy (non-hydrogen) atoms. The van der Waals surface area contributed by atoms with Crippen molar-refractivity contribution < 1.29 is 0 Å². The summed E-state index contributed by atoms with van der Waals surface area (Å²) >= 11 is 29.6. The van der Waals surface area contributed by atoms with Crippen molar-refractivity contribution in [2.45, 2.75) is 29.4 Å². The molecule has 0 atom stereocenters. The van der Waals surface area contributed by atoms with Gasteiger partial charge in [0.25, 0.3) is 0 Å². The fourth-order valence-electron chi connectivity index (χ4n) is 0.619. The molecule has 1 aromatic rings. The summed E-state index contributed by atoms with van der Waals surface area (Å²) in [7, 11) is 0. The van der Waals surface area contributed by atoms with Crippen molar-refractivity contribution in [1.29, 1.82) is 0 Å². The Balaban J connectivity index is -0.000000480. The summed E-state index contributed by atoms with van der Waals surface area (Å²) < 4.78 is 0. The van der Waals surface area contributed by atoms with Crippen LogP contribution < -0.4 is 0 Å². The fourth-order valence-corrected chi connectivity index (χ4v) is 2.23. The van der Waals surface area contributed by atoms with Gasteiger partial charge in [0.1, 0.15) is 0 Å². The molecule has 0 aliphatic rings. The van der Waals surface area contributed by atoms with Crippen LogP contribution in [0.3, 0.4) is 0 Å². The minimum atomic E-state index is 0. The first kappa shape index (κ1) is 23.4. The van der Waals surface area contributed by atoms with E-state index in [2.05, 4.69) is 0 Å². The van der Waals surface area contributed by atoms with Gasteiger partial charge in [-0.05, 0) is 0 Å². The standard InChI is InChI=1S/C6H6S6.3Pb/c7-1-2(8)4(10)6(12)5(11)3(1)9;;;/h7-12H;;;/q;3*+2/p-6. The van der Waals surface area contributed by atoms with Gasteiger partial charge in [0, 0.05) is 0 Å². The molecule has 1 aromatic carbocycles. The molecule has 0 aliphatic heterocycles. The average molecular weight is 886 g/mol. The zero-order chi connectivity index (χ0) is 9.46. The summed E-state index contributed by atoms with van der Waals surface area (Å²) in [5.74, 6) is 0. The largest absolute Gasteiger partial charge is 2.00 e. The maximum atomic E-state index is 4.94. The second-order valence-corrected chi connectivity index (χ2v) is 4.42. The van der Waals surface area contributed by atoms with Gasteiger partial charge in [0.05, 0.1) is 0 Å². The first-order valence-electron chi connectivity index (χ1n) is 2.72. The first-order chi connectivity index (χ1) is 5.46. The average Bonchev–Trinajstić information content (AvgIpc) is 2.08. The van der Waals surface area contributed by atoms with Crippen molar-refractivity contribution in [3.05, 3.63) is 0 Å². The molecule has 0 unspecified atom stereocenters. The smallest absolute Gasteiger partial charge is 0.783 e. The molecule has 0 heterocycles. The van der Waals surface area contributed by atoms with E-state index in [1.807, 2.05) is 0 Å². The predicted molar refractivity (Wildman–Crippen MR) is 77.5 cm³/mol. The SMILES string of the molecule is [Pb+2].[Pb+2].[Pb+2].[S-]c1c([S-])c([S-])c([S-])c([S-])c1[S-]. The van der Waals surface area contributed by atoms with E-state index in [0.29, 0.717) is 29.4 Å². The summed E-state index contributed by atoms with van der Waals surface area (Å²) in [6.45, 7) is 0. The Morgan fingerprint density at radius 1 is 0.333 bits per heavy atom. The van der Waals surface area contributed by atoms with Gasteiger partial charge in [-0.25, -0.2) is 29.4 Å². The summed E-state index contributed by atoms with van der Waals surface area (Å²) in [5, 5.41) is 0. The zero-order valence-electron chi connectivity index (χ0n) is 6.95. The fraction of sp³-hybridized carbons (Fsp3) is 0. The molecular weight excluding hydrogens is 886 g/mol. The van der Waals surface area contributed by atoms with Crippen molar-refractivity contribution in [2.24, 2.45) is 0 Å². The van der Waals surface area contributed by atoms with Gasteiger partial charge in [-0.3, -0.25) is 0 Å². The van der Waals surface area contributed by atoms with Gasteiger partial charge >= 0.3 is 81.9 Å². The van der Waals surface area contributed by atoms with Crippen molar-refractivity contribution in [3.8, 4) is 0 Å². The molecule has 0 N–H and O–H groups in total. The second-order valence-electron chi connectivity index (χ2n) is 1.97. The molecule has 0 fully saturated rings. The normalized spacial score (nSPS) is 8.00. The summed E-state index contributed by atoms with van der Waals surface area (Å²) in [4.78, 5) is 2.35. The summed E-state index contributed by atoms with van der Waals surface area (Å²) in [6.07, 6.45) is 0. The maximum Gasteiger partial charge on any atom is 2.00 e. The molecule has 6 radical (unpaired) electrons. The number of benzene rings is 1. The van der Waals surface area contributed by atoms with Crippen LogP contribution in [-0.4, -0.2) is 81.9 Å². The molecule has 72 valence electrons. The van der Waals surface area contributed by atoms with Crippen molar-refractivity contribution in [3.63, 3.8) is 0 Å². The van der Waals surface area contributed by atoms with E-state index in [1.54, 1.807) is 0 Å². The quantitative estimate of drug-likeness (QED) is 0.264. The Bertz CT molecular complexity index is 237. The van der Waals surface area contributed by atoms with Crippen LogP contribution in [0.5, 0.6) is 0 Å². The monoisotopic (exact) mass is 888 g/mol. The van der Waals surface area contributed by atoms with Crippen LogP contribution in [0.4, 0.5) is 0 Å². The molecule has 0 nitrogen and oxygen atoms in total. The molecule has 0 saturated heterocycles. The number of hydrogen-bond acceptors (Lipinski definition) is 6. The molecule has 0 saturated carbocycles. The molecule has 0 bridgehead atoms. The van der Waals surface area contributed by atoms with Crippen molar-refractivity contribution in [1.82, 2.24) is 0 Å². The topological polar surface area (TPSA) is 0 Å². The van der Waals surface area contributed by atoms with E-state index in [1.165, 1.54) is 0 Å². The molecular formula is C6Pb3S6. The third-order valence-corrected chi connectivity index (χ3v) is 4.46. The van der Waals surface area contributed by atoms with E-state index in [4.69, 9.17) is 75.8 Å². The van der Waals surface area contributed by atoms with E-state index < -0.39 is 0 Å². The van der Waals surface area contributed by atoms with Crippen molar-refractivity contribution >= 4 is 158 Å². The third kappa shape index (κ3) is 5.44. The van der Waals surface area contributed by atoms with E-state index >= 15 is 0 Å². The molecule has 9 heteroatoms. The Morgan fingerprint density at radius 3 is 0.467 bits per heavy atom. The van der Waals surface area contributed by atoms with Crippen LogP contribution in [0.25, 0.3) is 0 Å². The Kier molecular flexibility index (Phi) is 15.8. The molecule has 0 amide bonds. The Labute approximate surface area is 183 Å². The third-order valence-electron chi connectivity index (χ3n) is 1.24. The first-order valence-corrected chi connectivity index (χ1v) is 5.17. The summed E-state index contributed by atoms with van der Waals surface area (Å²) in [5.41, 5.74) is 0. The molecule has 0 aliphatic carbocycles. The Hall–Kier alpha value is 3.31. The maximum absolute atomic E-state index is 4.94. The van der Waals surface area contributed by atoms with Gasteiger partial charge in [-0.1, -0.05) is 0 Å². The van der Waals surface area contributed by atoms with Crippen LogP contribution in [-0.2, 0) is 75.8 Å². The summed E-state index contributed by atoms with van der Waals surface area (Å²) in [6, 6.07) is 0.